The molecule has 0 saturated carbocycles. The molecule has 1 aliphatic carbocycles. The number of aliphatic hydroxyl groups is 1. The van der Waals surface area contributed by atoms with E-state index in [4.69, 9.17) is 5.11 Å². The highest BCUT2D eigenvalue weighted by atomic mass is 79.9. The molecular weight excluding hydrogens is 254 g/mol. The second kappa shape index (κ2) is 3.14. The summed E-state index contributed by atoms with van der Waals surface area (Å²) in [5, 5.41) is 9.10. The highest BCUT2D eigenvalue weighted by Gasteiger charge is 2.42. The SMILES string of the molecule is OC1C=Cc2cc(Br)ccc2C1(F)F. The summed E-state index contributed by atoms with van der Waals surface area (Å²) in [6, 6.07) is 4.47. The van der Waals surface area contributed by atoms with Gasteiger partial charge in [0.2, 0.25) is 0 Å². The second-order valence-electron chi connectivity index (χ2n) is 3.16. The Morgan fingerprint density at radius 3 is 2.79 bits per heavy atom. The fraction of sp³-hybridized carbons (Fsp3) is 0.200. The fourth-order valence-corrected chi connectivity index (χ4v) is 1.83. The van der Waals surface area contributed by atoms with Crippen LogP contribution in [0.1, 0.15) is 11.1 Å². The number of hydrogen-bond donors (Lipinski definition) is 1. The van der Waals surface area contributed by atoms with Crippen LogP contribution >= 0.6 is 15.9 Å². The van der Waals surface area contributed by atoms with Crippen molar-refractivity contribution >= 4 is 22.0 Å². The molecule has 0 amide bonds. The van der Waals surface area contributed by atoms with Crippen LogP contribution in [0.15, 0.2) is 28.7 Å². The first-order valence-corrected chi connectivity index (χ1v) is 4.85. The standard InChI is InChI=1S/C10H7BrF2O/c11-7-2-3-8-6(5-7)1-4-9(14)10(8,12)13/h1-5,9,14H. The molecule has 0 heterocycles. The quantitative estimate of drug-likeness (QED) is 0.761. The molecule has 1 aliphatic rings. The number of hydrogen-bond acceptors (Lipinski definition) is 1. The molecular formula is C10H7BrF2O. The maximum absolute atomic E-state index is 13.4. The lowest BCUT2D eigenvalue weighted by Gasteiger charge is -2.25. The molecule has 1 unspecified atom stereocenters. The summed E-state index contributed by atoms with van der Waals surface area (Å²) in [4.78, 5) is 0. The van der Waals surface area contributed by atoms with Gasteiger partial charge < -0.3 is 5.11 Å². The van der Waals surface area contributed by atoms with E-state index in [9.17, 15) is 8.78 Å². The molecule has 0 fully saturated rings. The Bertz CT molecular complexity index is 401. The van der Waals surface area contributed by atoms with E-state index in [-0.39, 0.29) is 5.56 Å². The Balaban J connectivity index is 2.61. The maximum Gasteiger partial charge on any atom is 0.302 e. The minimum absolute atomic E-state index is 0.129. The molecule has 1 aromatic carbocycles. The molecule has 1 N–H and O–H groups in total. The third-order valence-electron chi connectivity index (χ3n) is 2.20. The highest BCUT2D eigenvalue weighted by Crippen LogP contribution is 2.39. The van der Waals surface area contributed by atoms with E-state index in [1.807, 2.05) is 0 Å². The van der Waals surface area contributed by atoms with Crippen molar-refractivity contribution < 1.29 is 13.9 Å². The van der Waals surface area contributed by atoms with Gasteiger partial charge >= 0.3 is 5.92 Å². The Hall–Kier alpha value is -0.740. The summed E-state index contributed by atoms with van der Waals surface area (Å²) in [5.74, 6) is -3.19. The van der Waals surface area contributed by atoms with Crippen molar-refractivity contribution in [3.8, 4) is 0 Å². The lowest BCUT2D eigenvalue weighted by atomic mass is 9.92. The summed E-state index contributed by atoms with van der Waals surface area (Å²) >= 11 is 3.20. The van der Waals surface area contributed by atoms with Crippen molar-refractivity contribution in [2.24, 2.45) is 0 Å². The van der Waals surface area contributed by atoms with E-state index >= 15 is 0 Å². The van der Waals surface area contributed by atoms with Gasteiger partial charge in [-0.2, -0.15) is 8.78 Å². The summed E-state index contributed by atoms with van der Waals surface area (Å²) < 4.78 is 27.6. The zero-order chi connectivity index (χ0) is 10.3. The largest absolute Gasteiger partial charge is 0.382 e. The third-order valence-corrected chi connectivity index (χ3v) is 2.70. The third kappa shape index (κ3) is 1.38. The number of halogens is 3. The van der Waals surface area contributed by atoms with Gasteiger partial charge in [-0.15, -0.1) is 0 Å². The zero-order valence-corrected chi connectivity index (χ0v) is 8.63. The first kappa shape index (κ1) is 9.80. The summed E-state index contributed by atoms with van der Waals surface area (Å²) in [5.41, 5.74) is 0.311. The first-order valence-electron chi connectivity index (χ1n) is 4.06. The molecule has 0 saturated heterocycles. The van der Waals surface area contributed by atoms with Crippen LogP contribution in [0.2, 0.25) is 0 Å². The molecule has 0 radical (unpaired) electrons. The Morgan fingerprint density at radius 2 is 2.07 bits per heavy atom. The average molecular weight is 261 g/mol. The predicted molar refractivity (Wildman–Crippen MR) is 53.1 cm³/mol. The summed E-state index contributed by atoms with van der Waals surface area (Å²) in [6.45, 7) is 0. The van der Waals surface area contributed by atoms with Crippen LogP contribution in [0.25, 0.3) is 6.08 Å². The minimum atomic E-state index is -3.19. The van der Waals surface area contributed by atoms with E-state index in [1.165, 1.54) is 12.1 Å². The number of rotatable bonds is 0. The smallest absolute Gasteiger partial charge is 0.302 e. The van der Waals surface area contributed by atoms with Crippen LogP contribution in [0.3, 0.4) is 0 Å². The molecule has 1 aromatic rings. The van der Waals surface area contributed by atoms with E-state index in [2.05, 4.69) is 15.9 Å². The monoisotopic (exact) mass is 260 g/mol. The van der Waals surface area contributed by atoms with Crippen LogP contribution in [0.5, 0.6) is 0 Å². The van der Waals surface area contributed by atoms with E-state index in [0.29, 0.717) is 5.56 Å². The van der Waals surface area contributed by atoms with Crippen molar-refractivity contribution in [1.82, 2.24) is 0 Å². The van der Waals surface area contributed by atoms with Gasteiger partial charge in [0.15, 0.2) is 0 Å². The second-order valence-corrected chi connectivity index (χ2v) is 4.07. The van der Waals surface area contributed by atoms with E-state index in [1.54, 1.807) is 12.1 Å². The fourth-order valence-electron chi connectivity index (χ4n) is 1.45. The lowest BCUT2D eigenvalue weighted by Crippen LogP contribution is -2.31. The van der Waals surface area contributed by atoms with Crippen molar-refractivity contribution in [3.05, 3.63) is 39.9 Å². The molecule has 1 nitrogen and oxygen atoms in total. The van der Waals surface area contributed by atoms with E-state index in [0.717, 1.165) is 10.5 Å². The molecule has 4 heteroatoms. The molecule has 0 spiro atoms. The van der Waals surface area contributed by atoms with Crippen molar-refractivity contribution in [2.45, 2.75) is 12.0 Å². The van der Waals surface area contributed by atoms with Gasteiger partial charge in [-0.05, 0) is 23.8 Å². The highest BCUT2D eigenvalue weighted by molar-refractivity contribution is 9.10. The van der Waals surface area contributed by atoms with Gasteiger partial charge in [0.05, 0.1) is 0 Å². The van der Waals surface area contributed by atoms with Gasteiger partial charge in [-0.25, -0.2) is 0 Å². The van der Waals surface area contributed by atoms with Crippen molar-refractivity contribution in [1.29, 1.82) is 0 Å². The van der Waals surface area contributed by atoms with Gasteiger partial charge in [-0.1, -0.05) is 28.1 Å². The van der Waals surface area contributed by atoms with Crippen molar-refractivity contribution in [3.63, 3.8) is 0 Å². The lowest BCUT2D eigenvalue weighted by molar-refractivity contribution is -0.0940. The molecule has 2 rings (SSSR count). The van der Waals surface area contributed by atoms with Crippen LogP contribution in [-0.4, -0.2) is 11.2 Å². The number of benzene rings is 1. The normalized spacial score (nSPS) is 23.3. The van der Waals surface area contributed by atoms with Crippen molar-refractivity contribution in [2.75, 3.05) is 0 Å². The van der Waals surface area contributed by atoms with Crippen LogP contribution in [-0.2, 0) is 5.92 Å². The van der Waals surface area contributed by atoms with E-state index < -0.39 is 12.0 Å². The molecule has 0 aromatic heterocycles. The average Bonchev–Trinajstić information content (AvgIpc) is 2.12. The zero-order valence-electron chi connectivity index (χ0n) is 7.05. The minimum Gasteiger partial charge on any atom is -0.382 e. The molecule has 1 atom stereocenters. The topological polar surface area (TPSA) is 20.2 Å². The Labute approximate surface area is 88.2 Å². The Morgan fingerprint density at radius 1 is 1.36 bits per heavy atom. The predicted octanol–water partition coefficient (Wildman–Crippen LogP) is 2.93. The Kier molecular flexibility index (Phi) is 2.20. The summed E-state index contributed by atoms with van der Waals surface area (Å²) in [6.07, 6.45) is 0.882. The van der Waals surface area contributed by atoms with Crippen LogP contribution in [0.4, 0.5) is 8.78 Å². The maximum atomic E-state index is 13.4. The number of alkyl halides is 2. The van der Waals surface area contributed by atoms with Gasteiger partial charge in [-0.3, -0.25) is 0 Å². The molecule has 0 aliphatic heterocycles. The van der Waals surface area contributed by atoms with Crippen LogP contribution in [0, 0.1) is 0 Å². The summed E-state index contributed by atoms with van der Waals surface area (Å²) in [7, 11) is 0. The number of fused-ring (bicyclic) bond motifs is 1. The van der Waals surface area contributed by atoms with Crippen LogP contribution < -0.4 is 0 Å². The molecule has 14 heavy (non-hydrogen) atoms. The first-order chi connectivity index (χ1) is 6.51. The van der Waals surface area contributed by atoms with Gasteiger partial charge in [0.25, 0.3) is 0 Å². The van der Waals surface area contributed by atoms with Gasteiger partial charge in [0, 0.05) is 10.0 Å². The number of aliphatic hydroxyl groups excluding tert-OH is 1. The molecule has 0 bridgehead atoms. The molecule has 74 valence electrons. The van der Waals surface area contributed by atoms with Gasteiger partial charge in [0.1, 0.15) is 6.10 Å².